The van der Waals surface area contributed by atoms with E-state index in [4.69, 9.17) is 10.1 Å². The van der Waals surface area contributed by atoms with Gasteiger partial charge >= 0.3 is 0 Å². The molecular weight excluding hydrogens is 468 g/mol. The maximum absolute atomic E-state index is 13.2. The van der Waals surface area contributed by atoms with E-state index in [9.17, 15) is 9.90 Å². The molecule has 1 amide bonds. The van der Waals surface area contributed by atoms with Crippen LogP contribution in [-0.4, -0.2) is 66.9 Å². The number of aliphatic hydroxyl groups excluding tert-OH is 2. The van der Waals surface area contributed by atoms with E-state index in [0.717, 1.165) is 30.6 Å². The number of carbonyl (C=O) groups is 1. The third kappa shape index (κ3) is 5.09. The van der Waals surface area contributed by atoms with Gasteiger partial charge in [-0.25, -0.2) is 19.9 Å². The third-order valence-corrected chi connectivity index (χ3v) is 6.63. The lowest BCUT2D eigenvalue weighted by molar-refractivity contribution is 0.102. The fourth-order valence-corrected chi connectivity index (χ4v) is 4.86. The molecule has 35 heavy (non-hydrogen) atoms. The molecule has 0 saturated carbocycles. The zero-order valence-corrected chi connectivity index (χ0v) is 19.8. The number of hydrogen-bond acceptors (Lipinski definition) is 10. The first kappa shape index (κ1) is 23.1. The number of rotatable bonds is 8. The second-order valence-corrected chi connectivity index (χ2v) is 9.19. The van der Waals surface area contributed by atoms with Crippen molar-refractivity contribution in [3.05, 3.63) is 48.2 Å². The number of piperidine rings is 1. The van der Waals surface area contributed by atoms with Crippen molar-refractivity contribution >= 4 is 44.2 Å². The second-order valence-electron chi connectivity index (χ2n) is 8.16. The average Bonchev–Trinajstić information content (AvgIpc) is 3.54. The number of nitrogens with one attached hydrogen (secondary N) is 2. The van der Waals surface area contributed by atoms with E-state index in [1.807, 2.05) is 6.07 Å². The van der Waals surface area contributed by atoms with Crippen molar-refractivity contribution in [1.29, 1.82) is 0 Å². The minimum Gasteiger partial charge on any atom is -0.395 e. The summed E-state index contributed by atoms with van der Waals surface area (Å²) in [6.07, 6.45) is 6.53. The van der Waals surface area contributed by atoms with Gasteiger partial charge in [-0.3, -0.25) is 9.36 Å². The number of hydrogen-bond donors (Lipinski definition) is 4. The summed E-state index contributed by atoms with van der Waals surface area (Å²) in [5.74, 6) is 0.872. The van der Waals surface area contributed by atoms with Crippen molar-refractivity contribution in [2.75, 3.05) is 41.8 Å². The van der Waals surface area contributed by atoms with Crippen molar-refractivity contribution in [2.24, 2.45) is 0 Å². The van der Waals surface area contributed by atoms with Gasteiger partial charge < -0.3 is 25.7 Å². The Morgan fingerprint density at radius 1 is 1.11 bits per heavy atom. The first-order valence-corrected chi connectivity index (χ1v) is 12.3. The van der Waals surface area contributed by atoms with Crippen LogP contribution in [0.5, 0.6) is 0 Å². The number of aliphatic hydroxyl groups is 2. The smallest absolute Gasteiger partial charge is 0.274 e. The van der Waals surface area contributed by atoms with Gasteiger partial charge in [-0.2, -0.15) is 0 Å². The fraction of sp³-hybridized carbons (Fsp3) is 0.348. The Morgan fingerprint density at radius 2 is 1.97 bits per heavy atom. The molecule has 0 unspecified atom stereocenters. The highest BCUT2D eigenvalue weighted by atomic mass is 32.1. The third-order valence-electron chi connectivity index (χ3n) is 5.68. The Balaban J connectivity index is 1.46. The van der Waals surface area contributed by atoms with Gasteiger partial charge in [0.25, 0.3) is 5.91 Å². The molecule has 0 bridgehead atoms. The molecule has 4 N–H and O–H groups in total. The molecular formula is C23H26N8O3S. The lowest BCUT2D eigenvalue weighted by atomic mass is 10.1. The number of anilines is 3. The van der Waals surface area contributed by atoms with E-state index in [-0.39, 0.29) is 24.8 Å². The molecule has 12 heteroatoms. The highest BCUT2D eigenvalue weighted by Crippen LogP contribution is 2.34. The molecule has 4 aromatic heterocycles. The molecule has 0 radical (unpaired) electrons. The minimum absolute atomic E-state index is 0.0101. The first-order chi connectivity index (χ1) is 17.1. The van der Waals surface area contributed by atoms with Crippen LogP contribution >= 0.6 is 11.3 Å². The molecule has 1 fully saturated rings. The van der Waals surface area contributed by atoms with Crippen LogP contribution in [0.25, 0.3) is 16.2 Å². The van der Waals surface area contributed by atoms with Gasteiger partial charge in [0, 0.05) is 25.8 Å². The zero-order valence-electron chi connectivity index (χ0n) is 19.0. The zero-order chi connectivity index (χ0) is 24.2. The van der Waals surface area contributed by atoms with Gasteiger partial charge in [0.2, 0.25) is 0 Å². The molecule has 11 nitrogen and oxygen atoms in total. The average molecular weight is 495 g/mol. The number of imidazole rings is 1. The van der Waals surface area contributed by atoms with Crippen LogP contribution in [0.1, 0.15) is 35.4 Å². The second kappa shape index (κ2) is 10.3. The number of amides is 1. The Bertz CT molecular complexity index is 1330. The molecule has 4 aromatic rings. The molecule has 5 rings (SSSR count). The maximum Gasteiger partial charge on any atom is 0.274 e. The number of pyridine rings is 2. The van der Waals surface area contributed by atoms with Gasteiger partial charge in [-0.05, 0) is 37.5 Å². The predicted octanol–water partition coefficient (Wildman–Crippen LogP) is 2.41. The summed E-state index contributed by atoms with van der Waals surface area (Å²) in [6, 6.07) is 7.08. The highest BCUT2D eigenvalue weighted by Gasteiger charge is 2.21. The fourth-order valence-electron chi connectivity index (χ4n) is 3.98. The molecule has 0 atom stereocenters. The summed E-state index contributed by atoms with van der Waals surface area (Å²) in [5.41, 5.74) is 1.98. The maximum atomic E-state index is 13.2. The van der Waals surface area contributed by atoms with E-state index < -0.39 is 0 Å². The van der Waals surface area contributed by atoms with Crippen LogP contribution in [-0.2, 0) is 6.61 Å². The highest BCUT2D eigenvalue weighted by molar-refractivity contribution is 7.22. The van der Waals surface area contributed by atoms with E-state index in [2.05, 4.69) is 30.5 Å². The van der Waals surface area contributed by atoms with E-state index in [1.54, 1.807) is 35.3 Å². The van der Waals surface area contributed by atoms with Gasteiger partial charge in [0.1, 0.15) is 17.8 Å². The van der Waals surface area contributed by atoms with Crippen LogP contribution in [0.15, 0.2) is 36.8 Å². The molecule has 5 heterocycles. The Hall–Kier alpha value is -3.61. The lowest BCUT2D eigenvalue weighted by Crippen LogP contribution is -2.31. The largest absolute Gasteiger partial charge is 0.395 e. The van der Waals surface area contributed by atoms with Crippen LogP contribution in [0, 0.1) is 0 Å². The Morgan fingerprint density at radius 3 is 2.74 bits per heavy atom. The van der Waals surface area contributed by atoms with Crippen molar-refractivity contribution in [3.8, 4) is 5.82 Å². The molecule has 0 aromatic carbocycles. The van der Waals surface area contributed by atoms with Crippen LogP contribution in [0.3, 0.4) is 0 Å². The predicted molar refractivity (Wildman–Crippen MR) is 134 cm³/mol. The van der Waals surface area contributed by atoms with E-state index in [0.29, 0.717) is 40.3 Å². The topological polar surface area (TPSA) is 141 Å². The van der Waals surface area contributed by atoms with Gasteiger partial charge in [0.15, 0.2) is 16.6 Å². The number of aromatic nitrogens is 5. The summed E-state index contributed by atoms with van der Waals surface area (Å²) in [7, 11) is 0. The molecule has 1 aliphatic heterocycles. The summed E-state index contributed by atoms with van der Waals surface area (Å²) in [4.78, 5) is 33.4. The first-order valence-electron chi connectivity index (χ1n) is 11.5. The summed E-state index contributed by atoms with van der Waals surface area (Å²) in [5, 5.41) is 25.1. The monoisotopic (exact) mass is 494 g/mol. The summed E-state index contributed by atoms with van der Waals surface area (Å²) < 4.78 is 2.49. The summed E-state index contributed by atoms with van der Waals surface area (Å²) in [6.45, 7) is 1.97. The lowest BCUT2D eigenvalue weighted by Gasteiger charge is -2.29. The van der Waals surface area contributed by atoms with Crippen molar-refractivity contribution < 1.29 is 15.0 Å². The van der Waals surface area contributed by atoms with Gasteiger partial charge in [-0.1, -0.05) is 17.4 Å². The van der Waals surface area contributed by atoms with Crippen molar-refractivity contribution in [2.45, 2.75) is 25.9 Å². The number of thiazole rings is 1. The van der Waals surface area contributed by atoms with Gasteiger partial charge in [0.05, 0.1) is 29.3 Å². The SMILES string of the molecule is O=C(Nc1cc2sc(NCCO)nc2nc1N1CCCCC1)c1cccc(-n2cnc(CO)c2)n1. The number of nitrogens with zero attached hydrogens (tertiary/aromatic N) is 6. The van der Waals surface area contributed by atoms with E-state index >= 15 is 0 Å². The quantitative estimate of drug-likeness (QED) is 0.290. The molecule has 0 spiro atoms. The number of carbonyl (C=O) groups excluding carboxylic acids is 1. The van der Waals surface area contributed by atoms with Crippen LogP contribution < -0.4 is 15.5 Å². The normalized spacial score (nSPS) is 13.8. The molecule has 1 aliphatic rings. The molecule has 182 valence electrons. The standard InChI is InChI=1S/C23H26N8O3S/c32-10-7-24-23-29-20-18(35-23)11-17(21(28-20)30-8-2-1-3-9-30)27-22(34)16-5-4-6-19(26-16)31-12-15(13-33)25-14-31/h4-6,11-12,14,32-33H,1-3,7-10,13H2,(H,27,34)(H,24,28,29). The minimum atomic E-state index is -0.350. The van der Waals surface area contributed by atoms with Crippen LogP contribution in [0.2, 0.25) is 0 Å². The summed E-state index contributed by atoms with van der Waals surface area (Å²) >= 11 is 1.42. The molecule has 1 saturated heterocycles. The number of fused-ring (bicyclic) bond motifs is 1. The van der Waals surface area contributed by atoms with E-state index in [1.165, 1.54) is 17.8 Å². The van der Waals surface area contributed by atoms with Crippen LogP contribution in [0.4, 0.5) is 16.6 Å². The Kier molecular flexibility index (Phi) is 6.84. The van der Waals surface area contributed by atoms with Gasteiger partial charge in [-0.15, -0.1) is 0 Å². The molecule has 0 aliphatic carbocycles. The Labute approximate surface area is 205 Å². The van der Waals surface area contributed by atoms with Crippen molar-refractivity contribution in [3.63, 3.8) is 0 Å². The van der Waals surface area contributed by atoms with Crippen molar-refractivity contribution in [1.82, 2.24) is 24.5 Å².